The van der Waals surface area contributed by atoms with Crippen LogP contribution in [0, 0.1) is 13.8 Å². The zero-order valence-electron chi connectivity index (χ0n) is 11.6. The number of aliphatic hydroxyl groups is 1. The van der Waals surface area contributed by atoms with Gasteiger partial charge >= 0.3 is 0 Å². The van der Waals surface area contributed by atoms with Crippen molar-refractivity contribution in [1.82, 2.24) is 0 Å². The average Bonchev–Trinajstić information content (AvgIpc) is 2.40. The summed E-state index contributed by atoms with van der Waals surface area (Å²) in [6.07, 6.45) is -0.778. The van der Waals surface area contributed by atoms with Gasteiger partial charge in [-0.25, -0.2) is 0 Å². The van der Waals surface area contributed by atoms with Gasteiger partial charge in [0.05, 0.1) is 11.6 Å². The summed E-state index contributed by atoms with van der Waals surface area (Å²) in [6.45, 7) is 3.98. The maximum atomic E-state index is 10.7. The molecule has 20 heavy (non-hydrogen) atoms. The topological polar surface area (TPSA) is 29.5 Å². The predicted molar refractivity (Wildman–Crippen MR) is 85.7 cm³/mol. The molecule has 0 saturated heterocycles. The highest BCUT2D eigenvalue weighted by Crippen LogP contribution is 2.39. The minimum atomic E-state index is -0.778. The molecule has 1 N–H and O–H groups in total. The van der Waals surface area contributed by atoms with Crippen LogP contribution >= 0.6 is 27.5 Å². The second kappa shape index (κ2) is 6.17. The van der Waals surface area contributed by atoms with Gasteiger partial charge in [-0.05, 0) is 53.0 Å². The van der Waals surface area contributed by atoms with E-state index >= 15 is 0 Å². The normalized spacial score (nSPS) is 12.3. The molecule has 2 aromatic rings. The zero-order chi connectivity index (χ0) is 14.9. The van der Waals surface area contributed by atoms with Crippen LogP contribution in [0.4, 0.5) is 0 Å². The molecule has 2 rings (SSSR count). The quantitative estimate of drug-likeness (QED) is 0.856. The summed E-state index contributed by atoms with van der Waals surface area (Å²) in [5, 5.41) is 11.3. The summed E-state index contributed by atoms with van der Waals surface area (Å²) in [5.41, 5.74) is 3.64. The Morgan fingerprint density at radius 1 is 1.15 bits per heavy atom. The Labute approximate surface area is 132 Å². The highest BCUT2D eigenvalue weighted by atomic mass is 79.9. The molecule has 0 bridgehead atoms. The van der Waals surface area contributed by atoms with Gasteiger partial charge < -0.3 is 9.84 Å². The largest absolute Gasteiger partial charge is 0.495 e. The first-order valence-corrected chi connectivity index (χ1v) is 7.39. The number of aliphatic hydroxyl groups excluding tert-OH is 1. The van der Waals surface area contributed by atoms with E-state index in [0.717, 1.165) is 21.2 Å². The number of hydrogen-bond acceptors (Lipinski definition) is 2. The van der Waals surface area contributed by atoms with E-state index in [2.05, 4.69) is 15.9 Å². The molecule has 0 aliphatic rings. The Morgan fingerprint density at radius 3 is 2.50 bits per heavy atom. The van der Waals surface area contributed by atoms with Crippen molar-refractivity contribution in [1.29, 1.82) is 0 Å². The minimum absolute atomic E-state index is 0.553. The smallest absolute Gasteiger partial charge is 0.139 e. The van der Waals surface area contributed by atoms with E-state index in [4.69, 9.17) is 16.3 Å². The molecule has 0 fully saturated rings. The molecule has 1 unspecified atom stereocenters. The lowest BCUT2D eigenvalue weighted by molar-refractivity contribution is 0.213. The summed E-state index contributed by atoms with van der Waals surface area (Å²) < 4.78 is 6.11. The molecule has 0 heterocycles. The van der Waals surface area contributed by atoms with Gasteiger partial charge in [0.2, 0.25) is 0 Å². The zero-order valence-corrected chi connectivity index (χ0v) is 13.9. The molecule has 106 valence electrons. The SMILES string of the molecule is COc1c(Br)cc(Cl)cc1C(O)c1cc(C)ccc1C. The van der Waals surface area contributed by atoms with Crippen molar-refractivity contribution >= 4 is 27.5 Å². The Bertz CT molecular complexity index is 641. The highest BCUT2D eigenvalue weighted by molar-refractivity contribution is 9.10. The van der Waals surface area contributed by atoms with E-state index in [0.29, 0.717) is 16.3 Å². The Morgan fingerprint density at radius 2 is 1.85 bits per heavy atom. The van der Waals surface area contributed by atoms with Crippen LogP contribution in [-0.2, 0) is 0 Å². The summed E-state index contributed by atoms with van der Waals surface area (Å²) >= 11 is 9.50. The first-order valence-electron chi connectivity index (χ1n) is 6.22. The monoisotopic (exact) mass is 354 g/mol. The standard InChI is InChI=1S/C16H16BrClO2/c1-9-4-5-10(2)12(6-9)15(19)13-7-11(18)8-14(17)16(13)20-3/h4-8,15,19H,1-3H3. The molecular weight excluding hydrogens is 340 g/mol. The fraction of sp³-hybridized carbons (Fsp3) is 0.250. The highest BCUT2D eigenvalue weighted by Gasteiger charge is 2.20. The lowest BCUT2D eigenvalue weighted by Gasteiger charge is -2.19. The van der Waals surface area contributed by atoms with Crippen molar-refractivity contribution in [2.45, 2.75) is 20.0 Å². The fourth-order valence-corrected chi connectivity index (χ4v) is 3.22. The molecule has 0 amide bonds. The summed E-state index contributed by atoms with van der Waals surface area (Å²) in [7, 11) is 1.58. The van der Waals surface area contributed by atoms with Crippen LogP contribution in [0.15, 0.2) is 34.8 Å². The third-order valence-electron chi connectivity index (χ3n) is 3.27. The molecule has 0 aliphatic heterocycles. The summed E-state index contributed by atoms with van der Waals surface area (Å²) in [5.74, 6) is 0.600. The third kappa shape index (κ3) is 3.00. The van der Waals surface area contributed by atoms with E-state index in [9.17, 15) is 5.11 Å². The average molecular weight is 356 g/mol. The first kappa shape index (κ1) is 15.4. The molecule has 0 spiro atoms. The molecule has 2 nitrogen and oxygen atoms in total. The van der Waals surface area contributed by atoms with Crippen LogP contribution in [0.3, 0.4) is 0 Å². The Kier molecular flexibility index (Phi) is 4.74. The number of benzene rings is 2. The van der Waals surface area contributed by atoms with Crippen molar-refractivity contribution in [2.24, 2.45) is 0 Å². The lowest BCUT2D eigenvalue weighted by atomic mass is 9.95. The van der Waals surface area contributed by atoms with E-state index in [1.165, 1.54) is 0 Å². The predicted octanol–water partition coefficient (Wildman–Crippen LogP) is 4.81. The van der Waals surface area contributed by atoms with Gasteiger partial charge in [-0.2, -0.15) is 0 Å². The van der Waals surface area contributed by atoms with Gasteiger partial charge in [-0.1, -0.05) is 35.4 Å². The molecule has 0 aromatic heterocycles. The molecule has 0 aliphatic carbocycles. The van der Waals surface area contributed by atoms with Gasteiger partial charge in [0.15, 0.2) is 0 Å². The van der Waals surface area contributed by atoms with Crippen molar-refractivity contribution < 1.29 is 9.84 Å². The molecule has 0 radical (unpaired) electrons. The molecule has 0 saturated carbocycles. The second-order valence-electron chi connectivity index (χ2n) is 4.77. The van der Waals surface area contributed by atoms with Gasteiger partial charge in [0.1, 0.15) is 11.9 Å². The maximum absolute atomic E-state index is 10.7. The van der Waals surface area contributed by atoms with E-state index in [1.54, 1.807) is 19.2 Å². The number of rotatable bonds is 3. The number of halogens is 2. The minimum Gasteiger partial charge on any atom is -0.495 e. The first-order chi connectivity index (χ1) is 9.43. The second-order valence-corrected chi connectivity index (χ2v) is 6.06. The Balaban J connectivity index is 2.58. The Hall–Kier alpha value is -1.03. The maximum Gasteiger partial charge on any atom is 0.139 e. The van der Waals surface area contributed by atoms with Crippen LogP contribution in [0.25, 0.3) is 0 Å². The van der Waals surface area contributed by atoms with Gasteiger partial charge in [0.25, 0.3) is 0 Å². The van der Waals surface area contributed by atoms with E-state index < -0.39 is 6.10 Å². The fourth-order valence-electron chi connectivity index (χ4n) is 2.22. The number of methoxy groups -OCH3 is 1. The van der Waals surface area contributed by atoms with Gasteiger partial charge in [-0.3, -0.25) is 0 Å². The van der Waals surface area contributed by atoms with Crippen LogP contribution in [0.1, 0.15) is 28.4 Å². The van der Waals surface area contributed by atoms with Crippen molar-refractivity contribution in [3.05, 3.63) is 62.1 Å². The molecule has 2 aromatic carbocycles. The molecule has 1 atom stereocenters. The lowest BCUT2D eigenvalue weighted by Crippen LogP contribution is -2.05. The summed E-state index contributed by atoms with van der Waals surface area (Å²) in [4.78, 5) is 0. The molecule has 4 heteroatoms. The number of ether oxygens (including phenoxy) is 1. The van der Waals surface area contributed by atoms with E-state index in [1.807, 2.05) is 32.0 Å². The van der Waals surface area contributed by atoms with Crippen molar-refractivity contribution in [2.75, 3.05) is 7.11 Å². The third-order valence-corrected chi connectivity index (χ3v) is 4.07. The number of hydrogen-bond donors (Lipinski definition) is 1. The van der Waals surface area contributed by atoms with Gasteiger partial charge in [-0.15, -0.1) is 0 Å². The van der Waals surface area contributed by atoms with Crippen LogP contribution in [0.2, 0.25) is 5.02 Å². The van der Waals surface area contributed by atoms with Crippen molar-refractivity contribution in [3.8, 4) is 5.75 Å². The van der Waals surface area contributed by atoms with Crippen LogP contribution in [0.5, 0.6) is 5.75 Å². The van der Waals surface area contributed by atoms with Crippen molar-refractivity contribution in [3.63, 3.8) is 0 Å². The summed E-state index contributed by atoms with van der Waals surface area (Å²) in [6, 6.07) is 9.49. The van der Waals surface area contributed by atoms with Gasteiger partial charge in [0, 0.05) is 10.6 Å². The molecular formula is C16H16BrClO2. The van der Waals surface area contributed by atoms with Crippen LogP contribution < -0.4 is 4.74 Å². The van der Waals surface area contributed by atoms with Crippen LogP contribution in [-0.4, -0.2) is 12.2 Å². The number of aryl methyl sites for hydroxylation is 2. The van der Waals surface area contributed by atoms with E-state index in [-0.39, 0.29) is 0 Å².